The summed E-state index contributed by atoms with van der Waals surface area (Å²) in [5.74, 6) is 1.83. The summed E-state index contributed by atoms with van der Waals surface area (Å²) in [6.45, 7) is 7.47. The maximum atomic E-state index is 2.56. The minimum Gasteiger partial charge on any atom is -0.306 e. The second kappa shape index (κ2) is 3.27. The third-order valence-electron chi connectivity index (χ3n) is 4.20. The number of nitrogens with zero attached hydrogens (tertiary/aromatic N) is 1. The first-order chi connectivity index (χ1) is 6.11. The van der Waals surface area contributed by atoms with Crippen LogP contribution < -0.4 is 0 Å². The third-order valence-corrected chi connectivity index (χ3v) is 4.20. The predicted octanol–water partition coefficient (Wildman–Crippen LogP) is 2.76. The summed E-state index contributed by atoms with van der Waals surface area (Å²) in [4.78, 5) is 2.56. The Kier molecular flexibility index (Phi) is 2.39. The van der Waals surface area contributed by atoms with Crippen molar-refractivity contribution >= 4 is 0 Å². The number of rotatable bonds is 1. The summed E-state index contributed by atoms with van der Waals surface area (Å²) in [5.41, 5.74) is 0.752. The molecule has 1 heterocycles. The molecule has 0 unspecified atom stereocenters. The van der Waals surface area contributed by atoms with E-state index in [1.807, 2.05) is 0 Å². The Morgan fingerprint density at radius 1 is 1.31 bits per heavy atom. The zero-order valence-electron chi connectivity index (χ0n) is 9.34. The van der Waals surface area contributed by atoms with E-state index in [0.717, 1.165) is 17.3 Å². The molecular formula is C12H23N. The van der Waals surface area contributed by atoms with Crippen LogP contribution in [0.4, 0.5) is 0 Å². The molecule has 1 atom stereocenters. The van der Waals surface area contributed by atoms with Gasteiger partial charge in [-0.15, -0.1) is 0 Å². The molecule has 1 saturated carbocycles. The van der Waals surface area contributed by atoms with Crippen LogP contribution in [0.1, 0.15) is 39.5 Å². The van der Waals surface area contributed by atoms with Gasteiger partial charge >= 0.3 is 0 Å². The average Bonchev–Trinajstić information content (AvgIpc) is 2.00. The highest BCUT2D eigenvalue weighted by atomic mass is 15.1. The van der Waals surface area contributed by atoms with Gasteiger partial charge in [-0.05, 0) is 43.6 Å². The van der Waals surface area contributed by atoms with Gasteiger partial charge in [0.25, 0.3) is 0 Å². The maximum Gasteiger partial charge on any atom is 0.00351 e. The molecule has 76 valence electrons. The quantitative estimate of drug-likeness (QED) is 0.601. The second-order valence-electron chi connectivity index (χ2n) is 5.76. The first-order valence-corrected chi connectivity index (χ1v) is 5.80. The van der Waals surface area contributed by atoms with Gasteiger partial charge in [-0.25, -0.2) is 0 Å². The lowest BCUT2D eigenvalue weighted by atomic mass is 9.61. The normalized spacial score (nSPS) is 33.7. The molecule has 1 saturated heterocycles. The van der Waals surface area contributed by atoms with Gasteiger partial charge in [-0.3, -0.25) is 0 Å². The predicted molar refractivity (Wildman–Crippen MR) is 56.7 cm³/mol. The van der Waals surface area contributed by atoms with Gasteiger partial charge in [-0.2, -0.15) is 0 Å². The Labute approximate surface area is 82.5 Å². The van der Waals surface area contributed by atoms with Gasteiger partial charge in [0.05, 0.1) is 0 Å². The molecule has 0 aromatic rings. The molecule has 13 heavy (non-hydrogen) atoms. The zero-order chi connectivity index (χ0) is 9.47. The monoisotopic (exact) mass is 181 g/mol. The summed E-state index contributed by atoms with van der Waals surface area (Å²) in [7, 11) is 2.30. The lowest BCUT2D eigenvalue weighted by Gasteiger charge is -2.51. The Morgan fingerprint density at radius 2 is 2.00 bits per heavy atom. The SMILES string of the molecule is CC(C)[C@@H]1CN(C)CC2(CCC2)C1. The first kappa shape index (κ1) is 9.51. The van der Waals surface area contributed by atoms with Crippen LogP contribution in [0, 0.1) is 17.3 Å². The molecule has 0 aromatic carbocycles. The molecule has 1 aliphatic carbocycles. The van der Waals surface area contributed by atoms with E-state index in [1.165, 1.54) is 38.8 Å². The summed E-state index contributed by atoms with van der Waals surface area (Å²) >= 11 is 0. The first-order valence-electron chi connectivity index (χ1n) is 5.80. The van der Waals surface area contributed by atoms with Crippen molar-refractivity contribution in [2.24, 2.45) is 17.3 Å². The maximum absolute atomic E-state index is 2.56. The van der Waals surface area contributed by atoms with E-state index in [1.54, 1.807) is 0 Å². The Bertz CT molecular complexity index is 182. The smallest absolute Gasteiger partial charge is 0.00351 e. The molecular weight excluding hydrogens is 158 g/mol. The van der Waals surface area contributed by atoms with Gasteiger partial charge < -0.3 is 4.90 Å². The highest BCUT2D eigenvalue weighted by Crippen LogP contribution is 2.49. The average molecular weight is 181 g/mol. The number of piperidine rings is 1. The highest BCUT2D eigenvalue weighted by Gasteiger charge is 2.43. The van der Waals surface area contributed by atoms with Crippen molar-refractivity contribution in [3.63, 3.8) is 0 Å². The molecule has 1 nitrogen and oxygen atoms in total. The molecule has 0 bridgehead atoms. The zero-order valence-corrected chi connectivity index (χ0v) is 9.34. The fraction of sp³-hybridized carbons (Fsp3) is 1.00. The molecule has 1 spiro atoms. The molecule has 2 fully saturated rings. The van der Waals surface area contributed by atoms with Crippen LogP contribution in [-0.4, -0.2) is 25.0 Å². The Morgan fingerprint density at radius 3 is 2.46 bits per heavy atom. The number of hydrogen-bond acceptors (Lipinski definition) is 1. The topological polar surface area (TPSA) is 3.24 Å². The van der Waals surface area contributed by atoms with Crippen LogP contribution in [-0.2, 0) is 0 Å². The molecule has 0 N–H and O–H groups in total. The minimum absolute atomic E-state index is 0.752. The number of hydrogen-bond donors (Lipinski definition) is 0. The molecule has 1 heteroatoms. The molecule has 0 radical (unpaired) electrons. The van der Waals surface area contributed by atoms with E-state index in [2.05, 4.69) is 25.8 Å². The Hall–Kier alpha value is -0.0400. The van der Waals surface area contributed by atoms with E-state index in [0.29, 0.717) is 0 Å². The summed E-state index contributed by atoms with van der Waals surface area (Å²) in [6.07, 6.45) is 5.99. The van der Waals surface area contributed by atoms with E-state index in [-0.39, 0.29) is 0 Å². The van der Waals surface area contributed by atoms with Crippen LogP contribution in [0.25, 0.3) is 0 Å². The second-order valence-corrected chi connectivity index (χ2v) is 5.76. The minimum atomic E-state index is 0.752. The van der Waals surface area contributed by atoms with Crippen LogP contribution in [0.3, 0.4) is 0 Å². The lowest BCUT2D eigenvalue weighted by Crippen LogP contribution is -2.50. The molecule has 0 aromatic heterocycles. The van der Waals surface area contributed by atoms with Crippen LogP contribution in [0.5, 0.6) is 0 Å². The van der Waals surface area contributed by atoms with Crippen LogP contribution >= 0.6 is 0 Å². The molecule has 2 aliphatic rings. The third kappa shape index (κ3) is 1.76. The Balaban J connectivity index is 2.01. The standard InChI is InChI=1S/C12H23N/c1-10(2)11-7-12(5-4-6-12)9-13(3)8-11/h10-11H,4-9H2,1-3H3/t11-/m0/s1. The van der Waals surface area contributed by atoms with Crippen molar-refractivity contribution in [1.82, 2.24) is 4.90 Å². The summed E-state index contributed by atoms with van der Waals surface area (Å²) in [6, 6.07) is 0. The van der Waals surface area contributed by atoms with E-state index >= 15 is 0 Å². The van der Waals surface area contributed by atoms with E-state index < -0.39 is 0 Å². The van der Waals surface area contributed by atoms with Gasteiger partial charge in [0, 0.05) is 13.1 Å². The van der Waals surface area contributed by atoms with E-state index in [9.17, 15) is 0 Å². The van der Waals surface area contributed by atoms with Gasteiger partial charge in [0.2, 0.25) is 0 Å². The van der Waals surface area contributed by atoms with Gasteiger partial charge in [0.1, 0.15) is 0 Å². The van der Waals surface area contributed by atoms with Crippen molar-refractivity contribution in [3.8, 4) is 0 Å². The molecule has 2 rings (SSSR count). The van der Waals surface area contributed by atoms with Crippen molar-refractivity contribution in [3.05, 3.63) is 0 Å². The highest BCUT2D eigenvalue weighted by molar-refractivity contribution is 4.95. The van der Waals surface area contributed by atoms with Crippen molar-refractivity contribution in [2.45, 2.75) is 39.5 Å². The molecule has 0 amide bonds. The van der Waals surface area contributed by atoms with Crippen LogP contribution in [0.2, 0.25) is 0 Å². The fourth-order valence-electron chi connectivity index (χ4n) is 3.21. The largest absolute Gasteiger partial charge is 0.306 e. The van der Waals surface area contributed by atoms with Crippen molar-refractivity contribution in [1.29, 1.82) is 0 Å². The van der Waals surface area contributed by atoms with Crippen LogP contribution in [0.15, 0.2) is 0 Å². The summed E-state index contributed by atoms with van der Waals surface area (Å²) in [5, 5.41) is 0. The lowest BCUT2D eigenvalue weighted by molar-refractivity contribution is -0.0113. The van der Waals surface area contributed by atoms with Crippen molar-refractivity contribution < 1.29 is 0 Å². The fourth-order valence-corrected chi connectivity index (χ4v) is 3.21. The van der Waals surface area contributed by atoms with E-state index in [4.69, 9.17) is 0 Å². The van der Waals surface area contributed by atoms with Crippen molar-refractivity contribution in [2.75, 3.05) is 20.1 Å². The van der Waals surface area contributed by atoms with Gasteiger partial charge in [0.15, 0.2) is 0 Å². The summed E-state index contributed by atoms with van der Waals surface area (Å²) < 4.78 is 0. The number of likely N-dealkylation sites (tertiary alicyclic amines) is 1. The molecule has 1 aliphatic heterocycles. The van der Waals surface area contributed by atoms with Gasteiger partial charge in [-0.1, -0.05) is 20.3 Å².